The van der Waals surface area contributed by atoms with E-state index >= 15 is 0 Å². The number of rotatable bonds is 7. The van der Waals surface area contributed by atoms with Crippen LogP contribution in [-0.2, 0) is 20.2 Å². The highest BCUT2D eigenvalue weighted by molar-refractivity contribution is 7.86. The van der Waals surface area contributed by atoms with Crippen LogP contribution in [0.2, 0.25) is 0 Å². The molecule has 0 heterocycles. The minimum atomic E-state index is -4.85. The molecule has 8 N–H and O–H groups in total. The fraction of sp³-hybridized carbons (Fsp3) is 0.185. The lowest BCUT2D eigenvalue weighted by Crippen LogP contribution is -2.25. The van der Waals surface area contributed by atoms with E-state index in [4.69, 9.17) is 0 Å². The molecule has 43 heavy (non-hydrogen) atoms. The molecule has 0 saturated heterocycles. The van der Waals surface area contributed by atoms with Gasteiger partial charge < -0.3 is 31.1 Å². The van der Waals surface area contributed by atoms with Crippen LogP contribution >= 0.6 is 0 Å². The molecule has 0 saturated carbocycles. The minimum Gasteiger partial charge on any atom is -0.508 e. The van der Waals surface area contributed by atoms with E-state index in [-0.39, 0.29) is 65.1 Å². The second-order valence-corrected chi connectivity index (χ2v) is 12.0. The van der Waals surface area contributed by atoms with Gasteiger partial charge in [-0.05, 0) is 48.9 Å². The van der Waals surface area contributed by atoms with Gasteiger partial charge in [0.15, 0.2) is 0 Å². The Morgan fingerprint density at radius 1 is 0.791 bits per heavy atom. The SMILES string of the molecule is C.CNc1ccc(Nc2cc(O)c(N=C3C=CC(=Nc4cc(O)c(C)cc4S(=O)(=O)O)C(O)C3)cc2S(=O)(=O)O)c(O)c1. The summed E-state index contributed by atoms with van der Waals surface area (Å²) < 4.78 is 67.3. The number of aliphatic imine (C=N–C) groups is 2. The molecule has 1 atom stereocenters. The van der Waals surface area contributed by atoms with E-state index in [2.05, 4.69) is 20.6 Å². The summed E-state index contributed by atoms with van der Waals surface area (Å²) in [6.07, 6.45) is 1.10. The molecule has 3 aromatic rings. The number of phenols is 3. The summed E-state index contributed by atoms with van der Waals surface area (Å²) in [4.78, 5) is 7.02. The lowest BCUT2D eigenvalue weighted by Gasteiger charge is -2.18. The highest BCUT2D eigenvalue weighted by Crippen LogP contribution is 2.39. The van der Waals surface area contributed by atoms with Crippen LogP contribution in [0.3, 0.4) is 0 Å². The van der Waals surface area contributed by atoms with Gasteiger partial charge in [0.05, 0.1) is 22.8 Å². The maximum atomic E-state index is 12.2. The first-order valence-corrected chi connectivity index (χ1v) is 14.9. The normalized spacial score (nSPS) is 17.1. The van der Waals surface area contributed by atoms with Crippen molar-refractivity contribution in [2.75, 3.05) is 17.7 Å². The van der Waals surface area contributed by atoms with Gasteiger partial charge in [0.2, 0.25) is 0 Å². The van der Waals surface area contributed by atoms with Gasteiger partial charge >= 0.3 is 0 Å². The Hall–Kier alpha value is -4.48. The smallest absolute Gasteiger partial charge is 0.296 e. The number of hydrogen-bond acceptors (Lipinski definition) is 12. The second kappa shape index (κ2) is 12.4. The molecule has 0 aliphatic heterocycles. The van der Waals surface area contributed by atoms with Crippen molar-refractivity contribution in [3.63, 3.8) is 0 Å². The van der Waals surface area contributed by atoms with Gasteiger partial charge in [-0.1, -0.05) is 7.43 Å². The van der Waals surface area contributed by atoms with Crippen LogP contribution in [0, 0.1) is 6.92 Å². The number of phenolic OH excluding ortho intramolecular Hbond substituents is 3. The van der Waals surface area contributed by atoms with Crippen molar-refractivity contribution < 1.29 is 46.4 Å². The molecule has 14 nitrogen and oxygen atoms in total. The lowest BCUT2D eigenvalue weighted by molar-refractivity contribution is 0.250. The first-order chi connectivity index (χ1) is 19.6. The molecule has 1 aliphatic rings. The Kier molecular flexibility index (Phi) is 9.53. The highest BCUT2D eigenvalue weighted by atomic mass is 32.2. The van der Waals surface area contributed by atoms with Gasteiger partial charge in [-0.3, -0.25) is 9.11 Å². The first kappa shape index (κ1) is 33.0. The van der Waals surface area contributed by atoms with Crippen molar-refractivity contribution in [2.45, 2.75) is 36.7 Å². The third-order valence-electron chi connectivity index (χ3n) is 6.17. The highest BCUT2D eigenvalue weighted by Gasteiger charge is 2.24. The Bertz CT molecular complexity index is 1890. The molecule has 16 heteroatoms. The fourth-order valence-electron chi connectivity index (χ4n) is 4.00. The maximum absolute atomic E-state index is 12.2. The zero-order chi connectivity index (χ0) is 31.0. The van der Waals surface area contributed by atoms with E-state index in [1.54, 1.807) is 13.1 Å². The van der Waals surface area contributed by atoms with Crippen LogP contribution in [-0.4, -0.2) is 70.9 Å². The summed E-state index contributed by atoms with van der Waals surface area (Å²) in [5, 5.41) is 47.0. The molecule has 0 bridgehead atoms. The van der Waals surface area contributed by atoms with E-state index in [0.29, 0.717) is 5.69 Å². The quantitative estimate of drug-likeness (QED) is 0.135. The van der Waals surface area contributed by atoms with Crippen LogP contribution in [0.15, 0.2) is 74.4 Å². The number of allylic oxidation sites excluding steroid dienone is 1. The van der Waals surface area contributed by atoms with Crippen molar-refractivity contribution in [3.8, 4) is 17.2 Å². The third-order valence-corrected chi connectivity index (χ3v) is 7.95. The van der Waals surface area contributed by atoms with Gasteiger partial charge in [-0.2, -0.15) is 16.8 Å². The molecule has 0 spiro atoms. The zero-order valence-corrected chi connectivity index (χ0v) is 23.6. The molecular weight excluding hydrogens is 604 g/mol. The molecule has 1 unspecified atom stereocenters. The topological polar surface area (TPSA) is 238 Å². The zero-order valence-electron chi connectivity index (χ0n) is 22.0. The Morgan fingerprint density at radius 3 is 2.05 bits per heavy atom. The van der Waals surface area contributed by atoms with Crippen LogP contribution < -0.4 is 10.6 Å². The maximum Gasteiger partial charge on any atom is 0.296 e. The number of aryl methyl sites for hydroxylation is 1. The Labute approximate surface area is 247 Å². The number of aliphatic hydroxyl groups is 1. The lowest BCUT2D eigenvalue weighted by atomic mass is 10.0. The number of hydrogen-bond donors (Lipinski definition) is 8. The van der Waals surface area contributed by atoms with Crippen molar-refractivity contribution >= 4 is 60.1 Å². The number of nitrogens with one attached hydrogen (secondary N) is 2. The number of anilines is 3. The first-order valence-electron chi connectivity index (χ1n) is 12.0. The van der Waals surface area contributed by atoms with E-state index in [1.165, 1.54) is 31.2 Å². The molecule has 4 rings (SSSR count). The third kappa shape index (κ3) is 7.49. The molecule has 1 aliphatic carbocycles. The molecule has 0 aromatic heterocycles. The monoisotopic (exact) mass is 634 g/mol. The molecular formula is C27H30N4O10S2. The predicted octanol–water partition coefficient (Wildman–Crippen LogP) is 4.19. The number of nitrogens with zero attached hydrogens (tertiary/aromatic N) is 2. The molecule has 0 fully saturated rings. The second-order valence-electron chi connectivity index (χ2n) is 9.19. The summed E-state index contributed by atoms with van der Waals surface area (Å²) in [6, 6.07) is 8.36. The number of aromatic hydroxyl groups is 3. The average Bonchev–Trinajstić information content (AvgIpc) is 2.88. The molecule has 230 valence electrons. The van der Waals surface area contributed by atoms with E-state index in [9.17, 15) is 46.4 Å². The van der Waals surface area contributed by atoms with Gasteiger partial charge in [0, 0.05) is 43.1 Å². The van der Waals surface area contributed by atoms with Crippen molar-refractivity contribution in [2.24, 2.45) is 9.98 Å². The van der Waals surface area contributed by atoms with Crippen LogP contribution in [0.25, 0.3) is 0 Å². The van der Waals surface area contributed by atoms with Gasteiger partial charge in [0.1, 0.15) is 38.8 Å². The summed E-state index contributed by atoms with van der Waals surface area (Å²) in [7, 11) is -7.92. The fourth-order valence-corrected chi connectivity index (χ4v) is 5.34. The number of benzene rings is 3. The van der Waals surface area contributed by atoms with Crippen molar-refractivity contribution in [1.29, 1.82) is 0 Å². The predicted molar refractivity (Wildman–Crippen MR) is 162 cm³/mol. The average molecular weight is 635 g/mol. The van der Waals surface area contributed by atoms with Crippen LogP contribution in [0.1, 0.15) is 19.4 Å². The molecule has 0 radical (unpaired) electrons. The summed E-state index contributed by atoms with van der Waals surface area (Å²) in [5.74, 6) is -1.03. The Morgan fingerprint density at radius 2 is 1.47 bits per heavy atom. The van der Waals surface area contributed by atoms with E-state index in [0.717, 1.165) is 24.3 Å². The minimum absolute atomic E-state index is 0. The number of aliphatic hydroxyl groups excluding tert-OH is 1. The summed E-state index contributed by atoms with van der Waals surface area (Å²) in [5.41, 5.74) is 0.118. The van der Waals surface area contributed by atoms with Crippen LogP contribution in [0.5, 0.6) is 17.2 Å². The molecule has 0 amide bonds. The molecule has 3 aromatic carbocycles. The van der Waals surface area contributed by atoms with Crippen molar-refractivity contribution in [3.05, 3.63) is 60.2 Å². The van der Waals surface area contributed by atoms with E-state index in [1.807, 2.05) is 0 Å². The summed E-state index contributed by atoms with van der Waals surface area (Å²) in [6.45, 7) is 1.43. The van der Waals surface area contributed by atoms with Gasteiger partial charge in [0.25, 0.3) is 20.2 Å². The van der Waals surface area contributed by atoms with E-state index < -0.39 is 41.9 Å². The standard InChI is InChI=1S/C26H26N4O10S2.CH4/c1-13-7-25(41(35,36)37)19(10-21(13)31)29-17-6-4-15(9-23(17)33)28-18-12-26(42(38,39)40)20(11-24(18)34)30-16-5-3-14(27-2)8-22(16)32;/h3-8,10-12,23,27,30-34H,9H2,1-2H3,(H,35,36,37)(H,38,39,40);1H4. The van der Waals surface area contributed by atoms with Gasteiger partial charge in [-0.15, -0.1) is 0 Å². The van der Waals surface area contributed by atoms with Crippen molar-refractivity contribution in [1.82, 2.24) is 0 Å². The summed E-state index contributed by atoms with van der Waals surface area (Å²) >= 11 is 0. The van der Waals surface area contributed by atoms with Gasteiger partial charge in [-0.25, -0.2) is 9.98 Å². The Balaban J connectivity index is 0.00000506. The van der Waals surface area contributed by atoms with Crippen LogP contribution in [0.4, 0.5) is 28.4 Å². The largest absolute Gasteiger partial charge is 0.508 e.